The highest BCUT2D eigenvalue weighted by Crippen LogP contribution is 2.14. The van der Waals surface area contributed by atoms with E-state index in [-0.39, 0.29) is 6.03 Å². The predicted octanol–water partition coefficient (Wildman–Crippen LogP) is 1.55. The molecule has 1 heterocycles. The van der Waals surface area contributed by atoms with E-state index >= 15 is 0 Å². The normalized spacial score (nSPS) is 19.1. The summed E-state index contributed by atoms with van der Waals surface area (Å²) in [6.07, 6.45) is 1.12. The molecule has 0 bridgehead atoms. The molecular weight excluding hydrogens is 230 g/mol. The fraction of sp³-hybridized carbons (Fsp3) is 0.385. The second-order valence-corrected chi connectivity index (χ2v) is 4.36. The number of anilines is 1. The lowest BCUT2D eigenvalue weighted by atomic mass is 10.1. The number of amides is 2. The zero-order valence-electron chi connectivity index (χ0n) is 9.97. The van der Waals surface area contributed by atoms with Gasteiger partial charge in [0.2, 0.25) is 0 Å². The Morgan fingerprint density at radius 3 is 3.11 bits per heavy atom. The molecule has 0 radical (unpaired) electrons. The van der Waals surface area contributed by atoms with Gasteiger partial charge in [0, 0.05) is 18.8 Å². The molecular formula is C13H15N3O2. The Morgan fingerprint density at radius 2 is 2.39 bits per heavy atom. The van der Waals surface area contributed by atoms with Crippen LogP contribution in [0.25, 0.3) is 0 Å². The van der Waals surface area contributed by atoms with Crippen molar-refractivity contribution in [3.63, 3.8) is 0 Å². The number of rotatable bonds is 1. The number of aliphatic hydroxyl groups excluding tert-OH is 1. The Hall–Kier alpha value is -2.06. The lowest BCUT2D eigenvalue weighted by molar-refractivity contribution is 0.0883. The van der Waals surface area contributed by atoms with Crippen LogP contribution >= 0.6 is 0 Å². The molecule has 0 aromatic heterocycles. The van der Waals surface area contributed by atoms with Crippen LogP contribution in [-0.2, 0) is 0 Å². The van der Waals surface area contributed by atoms with Gasteiger partial charge in [0.05, 0.1) is 17.7 Å². The van der Waals surface area contributed by atoms with Crippen molar-refractivity contribution in [2.45, 2.75) is 18.9 Å². The van der Waals surface area contributed by atoms with Crippen molar-refractivity contribution in [1.29, 1.82) is 5.26 Å². The highest BCUT2D eigenvalue weighted by molar-refractivity contribution is 5.89. The summed E-state index contributed by atoms with van der Waals surface area (Å²) in [5, 5.41) is 21.0. The number of benzene rings is 1. The number of hydrogen-bond acceptors (Lipinski definition) is 3. The van der Waals surface area contributed by atoms with Gasteiger partial charge in [-0.25, -0.2) is 4.79 Å². The molecule has 1 aromatic carbocycles. The van der Waals surface area contributed by atoms with Gasteiger partial charge >= 0.3 is 6.03 Å². The average molecular weight is 245 g/mol. The fourth-order valence-electron chi connectivity index (χ4n) is 2.01. The van der Waals surface area contributed by atoms with E-state index in [1.54, 1.807) is 29.2 Å². The summed E-state index contributed by atoms with van der Waals surface area (Å²) in [6, 6.07) is 8.55. The number of hydrogen-bond donors (Lipinski definition) is 2. The molecule has 1 fully saturated rings. The summed E-state index contributed by atoms with van der Waals surface area (Å²) < 4.78 is 0. The van der Waals surface area contributed by atoms with Crippen molar-refractivity contribution in [3.8, 4) is 6.07 Å². The Morgan fingerprint density at radius 1 is 1.56 bits per heavy atom. The third kappa shape index (κ3) is 2.99. The fourth-order valence-corrected chi connectivity index (χ4v) is 2.01. The summed E-state index contributed by atoms with van der Waals surface area (Å²) in [4.78, 5) is 13.5. The predicted molar refractivity (Wildman–Crippen MR) is 67.0 cm³/mol. The number of carbonyl (C=O) groups excluding carboxylic acids is 1. The smallest absolute Gasteiger partial charge is 0.321 e. The molecule has 1 aliphatic rings. The second-order valence-electron chi connectivity index (χ2n) is 4.36. The SMILES string of the molecule is N#Cc1cccc(NC(=O)N2CCC[C@@H](O)C2)c1. The van der Waals surface area contributed by atoms with E-state index in [4.69, 9.17) is 5.26 Å². The van der Waals surface area contributed by atoms with Crippen LogP contribution in [0.1, 0.15) is 18.4 Å². The topological polar surface area (TPSA) is 76.4 Å². The summed E-state index contributed by atoms with van der Waals surface area (Å²) in [6.45, 7) is 1.02. The van der Waals surface area contributed by atoms with Crippen LogP contribution in [-0.4, -0.2) is 35.2 Å². The maximum atomic E-state index is 11.9. The van der Waals surface area contributed by atoms with Crippen molar-refractivity contribution in [2.24, 2.45) is 0 Å². The number of piperidine rings is 1. The van der Waals surface area contributed by atoms with E-state index in [1.807, 2.05) is 6.07 Å². The van der Waals surface area contributed by atoms with E-state index in [1.165, 1.54) is 0 Å². The first-order chi connectivity index (χ1) is 8.69. The number of carbonyl (C=O) groups is 1. The Balaban J connectivity index is 2.00. The Bertz CT molecular complexity index is 481. The van der Waals surface area contributed by atoms with Crippen LogP contribution in [0.5, 0.6) is 0 Å². The zero-order valence-corrected chi connectivity index (χ0v) is 9.97. The van der Waals surface area contributed by atoms with Crippen LogP contribution in [0.2, 0.25) is 0 Å². The minimum atomic E-state index is -0.435. The molecule has 0 spiro atoms. The van der Waals surface area contributed by atoms with Gasteiger partial charge in [-0.05, 0) is 31.0 Å². The largest absolute Gasteiger partial charge is 0.391 e. The summed E-state index contributed by atoms with van der Waals surface area (Å²) >= 11 is 0. The summed E-state index contributed by atoms with van der Waals surface area (Å²) in [5.41, 5.74) is 1.10. The van der Waals surface area contributed by atoms with E-state index in [0.717, 1.165) is 12.8 Å². The molecule has 1 aromatic rings. The molecule has 2 amide bonds. The number of urea groups is 1. The molecule has 5 nitrogen and oxygen atoms in total. The number of β-amino-alcohol motifs (C(OH)–C–C–N with tert-alkyl or cyclic N) is 1. The number of nitriles is 1. The van der Waals surface area contributed by atoms with Crippen molar-refractivity contribution >= 4 is 11.7 Å². The molecule has 2 N–H and O–H groups in total. The van der Waals surface area contributed by atoms with Gasteiger partial charge in [0.1, 0.15) is 0 Å². The molecule has 1 aliphatic heterocycles. The van der Waals surface area contributed by atoms with Gasteiger partial charge in [-0.3, -0.25) is 0 Å². The molecule has 94 valence electrons. The van der Waals surface area contributed by atoms with Crippen LogP contribution < -0.4 is 5.32 Å². The van der Waals surface area contributed by atoms with Gasteiger partial charge in [-0.15, -0.1) is 0 Å². The molecule has 0 aliphatic carbocycles. The Labute approximate surface area is 106 Å². The van der Waals surface area contributed by atoms with Crippen molar-refractivity contribution in [3.05, 3.63) is 29.8 Å². The van der Waals surface area contributed by atoms with E-state index in [0.29, 0.717) is 24.3 Å². The average Bonchev–Trinajstić information content (AvgIpc) is 2.39. The Kier molecular flexibility index (Phi) is 3.80. The lowest BCUT2D eigenvalue weighted by Crippen LogP contribution is -2.44. The van der Waals surface area contributed by atoms with Crippen molar-refractivity contribution in [2.75, 3.05) is 18.4 Å². The lowest BCUT2D eigenvalue weighted by Gasteiger charge is -2.30. The molecule has 0 saturated carbocycles. The molecule has 1 saturated heterocycles. The van der Waals surface area contributed by atoms with Crippen molar-refractivity contribution in [1.82, 2.24) is 4.90 Å². The molecule has 5 heteroatoms. The van der Waals surface area contributed by atoms with E-state index in [9.17, 15) is 9.90 Å². The molecule has 1 atom stereocenters. The van der Waals surface area contributed by atoms with Crippen molar-refractivity contribution < 1.29 is 9.90 Å². The first-order valence-corrected chi connectivity index (χ1v) is 5.93. The summed E-state index contributed by atoms with van der Waals surface area (Å²) in [5.74, 6) is 0. The van der Waals surface area contributed by atoms with Crippen LogP contribution in [0, 0.1) is 11.3 Å². The number of nitrogens with one attached hydrogen (secondary N) is 1. The van der Waals surface area contributed by atoms with Crippen LogP contribution in [0.4, 0.5) is 10.5 Å². The number of likely N-dealkylation sites (tertiary alicyclic amines) is 1. The molecule has 18 heavy (non-hydrogen) atoms. The highest BCUT2D eigenvalue weighted by atomic mass is 16.3. The van der Waals surface area contributed by atoms with E-state index in [2.05, 4.69) is 5.32 Å². The first-order valence-electron chi connectivity index (χ1n) is 5.93. The van der Waals surface area contributed by atoms with Crippen LogP contribution in [0.3, 0.4) is 0 Å². The van der Waals surface area contributed by atoms with Gasteiger partial charge in [-0.2, -0.15) is 5.26 Å². The maximum absolute atomic E-state index is 11.9. The first kappa shape index (κ1) is 12.4. The minimum absolute atomic E-state index is 0.233. The molecule has 2 rings (SSSR count). The van der Waals surface area contributed by atoms with Gasteiger partial charge < -0.3 is 15.3 Å². The monoisotopic (exact) mass is 245 g/mol. The summed E-state index contributed by atoms with van der Waals surface area (Å²) in [7, 11) is 0. The third-order valence-corrected chi connectivity index (χ3v) is 2.93. The number of nitrogens with zero attached hydrogens (tertiary/aromatic N) is 2. The quantitative estimate of drug-likeness (QED) is 0.788. The van der Waals surface area contributed by atoms with Gasteiger partial charge in [-0.1, -0.05) is 6.07 Å². The van der Waals surface area contributed by atoms with Crippen LogP contribution in [0.15, 0.2) is 24.3 Å². The highest BCUT2D eigenvalue weighted by Gasteiger charge is 2.21. The third-order valence-electron chi connectivity index (χ3n) is 2.93. The standard InChI is InChI=1S/C13H15N3O2/c14-8-10-3-1-4-11(7-10)15-13(18)16-6-2-5-12(17)9-16/h1,3-4,7,12,17H,2,5-6,9H2,(H,15,18)/t12-/m1/s1. The second kappa shape index (κ2) is 5.52. The minimum Gasteiger partial charge on any atom is -0.391 e. The zero-order chi connectivity index (χ0) is 13.0. The maximum Gasteiger partial charge on any atom is 0.321 e. The number of aliphatic hydroxyl groups is 1. The molecule has 0 unspecified atom stereocenters. The van der Waals surface area contributed by atoms with E-state index < -0.39 is 6.10 Å². The van der Waals surface area contributed by atoms with Gasteiger partial charge in [0.25, 0.3) is 0 Å². The van der Waals surface area contributed by atoms with Gasteiger partial charge in [0.15, 0.2) is 0 Å².